The fraction of sp³-hybridized carbons (Fsp3) is 0.571. The number of nitrogens with zero attached hydrogens (tertiary/aromatic N) is 1. The van der Waals surface area contributed by atoms with Crippen LogP contribution in [0.2, 0.25) is 0 Å². The van der Waals surface area contributed by atoms with Crippen molar-refractivity contribution in [2.75, 3.05) is 18.8 Å². The van der Waals surface area contributed by atoms with E-state index in [1.807, 2.05) is 0 Å². The molecule has 1 aromatic rings. The Bertz CT molecular complexity index is 822. The van der Waals surface area contributed by atoms with Crippen LogP contribution in [0.1, 0.15) is 56.9 Å². The van der Waals surface area contributed by atoms with E-state index in [0.29, 0.717) is 32.4 Å². The van der Waals surface area contributed by atoms with Crippen molar-refractivity contribution in [1.29, 1.82) is 0 Å². The number of amides is 1. The van der Waals surface area contributed by atoms with E-state index in [1.54, 1.807) is 12.1 Å². The second-order valence-corrected chi connectivity index (χ2v) is 9.30. The van der Waals surface area contributed by atoms with E-state index in [4.69, 9.17) is 5.11 Å². The first-order valence-corrected chi connectivity index (χ1v) is 11.6. The molecule has 1 unspecified atom stereocenters. The van der Waals surface area contributed by atoms with Gasteiger partial charge in [-0.2, -0.15) is 0 Å². The summed E-state index contributed by atoms with van der Waals surface area (Å²) in [6.07, 6.45) is 3.62. The SMILES string of the molecule is CCCCCC#CC(CS(=O)(=O)N1CCC(c2ccc(F)cc2)CC1)NC(=O)O. The van der Waals surface area contributed by atoms with Crippen LogP contribution in [-0.2, 0) is 10.0 Å². The van der Waals surface area contributed by atoms with E-state index in [1.165, 1.54) is 16.4 Å². The van der Waals surface area contributed by atoms with E-state index in [9.17, 15) is 17.6 Å². The molecule has 8 heteroatoms. The maximum absolute atomic E-state index is 13.1. The molecule has 1 atom stereocenters. The lowest BCUT2D eigenvalue weighted by atomic mass is 9.90. The number of hydrogen-bond acceptors (Lipinski definition) is 3. The Kier molecular flexibility index (Phi) is 8.93. The van der Waals surface area contributed by atoms with E-state index >= 15 is 0 Å². The van der Waals surface area contributed by atoms with Gasteiger partial charge in [0.25, 0.3) is 0 Å². The summed E-state index contributed by atoms with van der Waals surface area (Å²) >= 11 is 0. The number of hydrogen-bond donors (Lipinski definition) is 2. The Labute approximate surface area is 172 Å². The molecule has 0 spiro atoms. The first-order valence-electron chi connectivity index (χ1n) is 10.0. The fourth-order valence-corrected chi connectivity index (χ4v) is 5.01. The van der Waals surface area contributed by atoms with Gasteiger partial charge in [-0.3, -0.25) is 0 Å². The molecular formula is C21H29FN2O4S. The topological polar surface area (TPSA) is 86.7 Å². The highest BCUT2D eigenvalue weighted by Gasteiger charge is 2.30. The number of carbonyl (C=O) groups is 1. The van der Waals surface area contributed by atoms with Gasteiger partial charge in [0.1, 0.15) is 11.9 Å². The molecule has 1 aliphatic rings. The van der Waals surface area contributed by atoms with Gasteiger partial charge < -0.3 is 10.4 Å². The maximum Gasteiger partial charge on any atom is 0.405 e. The first kappa shape index (κ1) is 23.2. The van der Waals surface area contributed by atoms with Crippen LogP contribution in [0.15, 0.2) is 24.3 Å². The molecule has 160 valence electrons. The van der Waals surface area contributed by atoms with Crippen molar-refractivity contribution in [2.24, 2.45) is 0 Å². The lowest BCUT2D eigenvalue weighted by Crippen LogP contribution is -2.45. The zero-order chi connectivity index (χ0) is 21.3. The van der Waals surface area contributed by atoms with Crippen molar-refractivity contribution in [3.05, 3.63) is 35.6 Å². The van der Waals surface area contributed by atoms with Crippen molar-refractivity contribution in [3.63, 3.8) is 0 Å². The van der Waals surface area contributed by atoms with Crippen LogP contribution in [0.3, 0.4) is 0 Å². The Morgan fingerprint density at radius 3 is 2.52 bits per heavy atom. The summed E-state index contributed by atoms with van der Waals surface area (Å²) in [4.78, 5) is 11.0. The summed E-state index contributed by atoms with van der Waals surface area (Å²) in [6.45, 7) is 2.79. The predicted molar refractivity (Wildman–Crippen MR) is 111 cm³/mol. The zero-order valence-corrected chi connectivity index (χ0v) is 17.5. The van der Waals surface area contributed by atoms with Crippen LogP contribution < -0.4 is 5.32 Å². The first-order chi connectivity index (χ1) is 13.8. The number of unbranched alkanes of at least 4 members (excludes halogenated alkanes) is 3. The number of nitrogens with one attached hydrogen (secondary N) is 1. The second-order valence-electron chi connectivity index (χ2n) is 7.28. The van der Waals surface area contributed by atoms with Gasteiger partial charge in [-0.05, 0) is 42.9 Å². The lowest BCUT2D eigenvalue weighted by Gasteiger charge is -2.32. The van der Waals surface area contributed by atoms with Crippen LogP contribution in [0.5, 0.6) is 0 Å². The third kappa shape index (κ3) is 7.67. The predicted octanol–water partition coefficient (Wildman–Crippen LogP) is 3.55. The lowest BCUT2D eigenvalue weighted by molar-refractivity contribution is 0.193. The Morgan fingerprint density at radius 1 is 1.28 bits per heavy atom. The van der Waals surface area contributed by atoms with Gasteiger partial charge in [0.2, 0.25) is 10.0 Å². The minimum Gasteiger partial charge on any atom is -0.465 e. The number of sulfonamides is 1. The van der Waals surface area contributed by atoms with Gasteiger partial charge >= 0.3 is 6.09 Å². The molecule has 1 saturated heterocycles. The Balaban J connectivity index is 1.95. The monoisotopic (exact) mass is 424 g/mol. The van der Waals surface area contributed by atoms with Crippen molar-refractivity contribution in [1.82, 2.24) is 9.62 Å². The van der Waals surface area contributed by atoms with E-state index in [0.717, 1.165) is 24.8 Å². The molecule has 1 amide bonds. The highest BCUT2D eigenvalue weighted by Crippen LogP contribution is 2.29. The van der Waals surface area contributed by atoms with Gasteiger partial charge in [0, 0.05) is 19.5 Å². The fourth-order valence-electron chi connectivity index (χ4n) is 3.45. The largest absolute Gasteiger partial charge is 0.465 e. The van der Waals surface area contributed by atoms with Crippen LogP contribution in [0, 0.1) is 17.7 Å². The minimum absolute atomic E-state index is 0.188. The molecular weight excluding hydrogens is 395 g/mol. The van der Waals surface area contributed by atoms with Crippen molar-refractivity contribution < 1.29 is 22.7 Å². The van der Waals surface area contributed by atoms with Crippen LogP contribution in [0.4, 0.5) is 9.18 Å². The van der Waals surface area contributed by atoms with E-state index in [-0.39, 0.29) is 17.5 Å². The number of benzene rings is 1. The zero-order valence-electron chi connectivity index (χ0n) is 16.7. The summed E-state index contributed by atoms with van der Waals surface area (Å²) in [6, 6.07) is 5.37. The van der Waals surface area contributed by atoms with Gasteiger partial charge in [0.15, 0.2) is 0 Å². The molecule has 1 aliphatic heterocycles. The molecule has 0 aromatic heterocycles. The smallest absolute Gasteiger partial charge is 0.405 e. The molecule has 0 bridgehead atoms. The molecule has 29 heavy (non-hydrogen) atoms. The van der Waals surface area contributed by atoms with Gasteiger partial charge in [0.05, 0.1) is 5.75 Å². The molecule has 2 rings (SSSR count). The summed E-state index contributed by atoms with van der Waals surface area (Å²) in [7, 11) is -3.64. The number of halogens is 1. The maximum atomic E-state index is 13.1. The Hall–Kier alpha value is -2.11. The van der Waals surface area contributed by atoms with E-state index < -0.39 is 22.2 Å². The van der Waals surface area contributed by atoms with Crippen LogP contribution in [-0.4, -0.2) is 48.8 Å². The highest BCUT2D eigenvalue weighted by atomic mass is 32.2. The van der Waals surface area contributed by atoms with Crippen molar-refractivity contribution in [2.45, 2.75) is 57.4 Å². The molecule has 1 fully saturated rings. The standard InChI is InChI=1S/C21H29FN2O4S/c1-2-3-4-5-6-7-20(23-21(25)26)16-29(27,28)24-14-12-18(13-15-24)17-8-10-19(22)11-9-17/h8-11,18,20,23H,2-5,12-16H2,1H3,(H,25,26). The van der Waals surface area contributed by atoms with E-state index in [2.05, 4.69) is 24.1 Å². The van der Waals surface area contributed by atoms with Gasteiger partial charge in [-0.15, -0.1) is 5.92 Å². The van der Waals surface area contributed by atoms with Gasteiger partial charge in [-0.25, -0.2) is 21.9 Å². The van der Waals surface area contributed by atoms with Crippen molar-refractivity contribution in [3.8, 4) is 11.8 Å². The third-order valence-corrected chi connectivity index (χ3v) is 6.95. The summed E-state index contributed by atoms with van der Waals surface area (Å²) in [5.41, 5.74) is 1.01. The molecule has 1 aromatic carbocycles. The summed E-state index contributed by atoms with van der Waals surface area (Å²) < 4.78 is 40.0. The Morgan fingerprint density at radius 2 is 1.93 bits per heavy atom. The third-order valence-electron chi connectivity index (χ3n) is 5.05. The molecule has 0 radical (unpaired) electrons. The number of piperidine rings is 1. The quantitative estimate of drug-likeness (QED) is 0.494. The second kappa shape index (κ2) is 11.2. The summed E-state index contributed by atoms with van der Waals surface area (Å²) in [5.74, 6) is 5.18. The molecule has 6 nitrogen and oxygen atoms in total. The summed E-state index contributed by atoms with van der Waals surface area (Å²) in [5, 5.41) is 11.2. The number of carboxylic acid groups (broad SMARTS) is 1. The van der Waals surface area contributed by atoms with Crippen LogP contribution in [0.25, 0.3) is 0 Å². The highest BCUT2D eigenvalue weighted by molar-refractivity contribution is 7.89. The normalized spacial score (nSPS) is 16.6. The minimum atomic E-state index is -3.64. The van der Waals surface area contributed by atoms with Crippen molar-refractivity contribution >= 4 is 16.1 Å². The molecule has 0 aliphatic carbocycles. The molecule has 2 N–H and O–H groups in total. The average Bonchev–Trinajstić information content (AvgIpc) is 2.68. The molecule has 1 heterocycles. The van der Waals surface area contributed by atoms with Crippen LogP contribution >= 0.6 is 0 Å². The molecule has 0 saturated carbocycles. The number of rotatable bonds is 8. The average molecular weight is 425 g/mol. The van der Waals surface area contributed by atoms with Gasteiger partial charge in [-0.1, -0.05) is 37.8 Å².